The smallest absolute Gasteiger partial charge is 0.118 e. The molecule has 0 spiro atoms. The van der Waals surface area contributed by atoms with Crippen molar-refractivity contribution >= 4 is 0 Å². The highest BCUT2D eigenvalue weighted by Crippen LogP contribution is 2.19. The number of hydrogen-bond acceptors (Lipinski definition) is 4. The lowest BCUT2D eigenvalue weighted by Crippen LogP contribution is -2.28. The Labute approximate surface area is 119 Å². The molecule has 1 aromatic heterocycles. The van der Waals surface area contributed by atoms with Gasteiger partial charge in [-0.3, -0.25) is 16.0 Å². The van der Waals surface area contributed by atoms with Crippen LogP contribution in [0.3, 0.4) is 0 Å². The van der Waals surface area contributed by atoms with Crippen molar-refractivity contribution in [1.82, 2.24) is 15.2 Å². The second kappa shape index (κ2) is 7.07. The van der Waals surface area contributed by atoms with Crippen molar-refractivity contribution in [2.24, 2.45) is 5.84 Å². The first-order valence-corrected chi connectivity index (χ1v) is 6.88. The predicted octanol–water partition coefficient (Wildman–Crippen LogP) is 2.05. The van der Waals surface area contributed by atoms with E-state index < -0.39 is 0 Å². The van der Waals surface area contributed by atoms with Crippen molar-refractivity contribution in [3.63, 3.8) is 0 Å². The number of hydrogen-bond donors (Lipinski definition) is 2. The first kappa shape index (κ1) is 14.6. The fraction of sp³-hybridized carbons (Fsp3) is 0.400. The number of hydrazine groups is 1. The van der Waals surface area contributed by atoms with Crippen LogP contribution in [0.4, 0.5) is 0 Å². The third-order valence-electron chi connectivity index (χ3n) is 3.46. The molecule has 5 heteroatoms. The fourth-order valence-electron chi connectivity index (χ4n) is 2.18. The number of nitrogens with two attached hydrogens (primary N) is 1. The molecule has 3 N–H and O–H groups in total. The molecule has 1 atom stereocenters. The molecule has 0 fully saturated rings. The van der Waals surface area contributed by atoms with Gasteiger partial charge in [0.15, 0.2) is 0 Å². The Kier molecular flexibility index (Phi) is 5.15. The van der Waals surface area contributed by atoms with E-state index in [2.05, 4.69) is 29.6 Å². The minimum absolute atomic E-state index is 0.123. The van der Waals surface area contributed by atoms with Gasteiger partial charge in [-0.1, -0.05) is 12.1 Å². The fourth-order valence-corrected chi connectivity index (χ4v) is 2.18. The van der Waals surface area contributed by atoms with Crippen LogP contribution in [0.25, 0.3) is 0 Å². The molecular weight excluding hydrogens is 252 g/mol. The van der Waals surface area contributed by atoms with E-state index >= 15 is 0 Å². The highest BCUT2D eigenvalue weighted by Gasteiger charge is 2.11. The van der Waals surface area contributed by atoms with E-state index in [1.807, 2.05) is 29.2 Å². The van der Waals surface area contributed by atoms with E-state index in [1.54, 1.807) is 7.11 Å². The van der Waals surface area contributed by atoms with Gasteiger partial charge in [0.1, 0.15) is 5.75 Å². The molecule has 0 amide bonds. The van der Waals surface area contributed by atoms with Crippen LogP contribution >= 0.6 is 0 Å². The summed E-state index contributed by atoms with van der Waals surface area (Å²) >= 11 is 0. The average Bonchev–Trinajstić information content (AvgIpc) is 2.97. The maximum absolute atomic E-state index is 5.66. The van der Waals surface area contributed by atoms with Crippen molar-refractivity contribution in [3.05, 3.63) is 47.8 Å². The Morgan fingerprint density at radius 2 is 2.10 bits per heavy atom. The quantitative estimate of drug-likeness (QED) is 0.599. The lowest BCUT2D eigenvalue weighted by molar-refractivity contribution is 0.414. The number of rotatable bonds is 7. The minimum Gasteiger partial charge on any atom is -0.497 e. The summed E-state index contributed by atoms with van der Waals surface area (Å²) in [5.74, 6) is 6.54. The van der Waals surface area contributed by atoms with Crippen LogP contribution in [-0.2, 0) is 13.0 Å². The molecule has 108 valence electrons. The van der Waals surface area contributed by atoms with Crippen LogP contribution in [0.1, 0.15) is 30.5 Å². The zero-order chi connectivity index (χ0) is 14.4. The van der Waals surface area contributed by atoms with Gasteiger partial charge in [0, 0.05) is 24.3 Å². The van der Waals surface area contributed by atoms with Crippen LogP contribution in [0.15, 0.2) is 36.7 Å². The zero-order valence-corrected chi connectivity index (χ0v) is 12.0. The molecule has 0 aliphatic rings. The van der Waals surface area contributed by atoms with E-state index in [0.29, 0.717) is 0 Å². The van der Waals surface area contributed by atoms with Crippen LogP contribution in [-0.4, -0.2) is 16.9 Å². The van der Waals surface area contributed by atoms with Crippen molar-refractivity contribution in [3.8, 4) is 5.75 Å². The van der Waals surface area contributed by atoms with Crippen LogP contribution in [0.5, 0.6) is 5.75 Å². The first-order chi connectivity index (χ1) is 9.76. The number of methoxy groups -OCH3 is 1. The molecule has 0 aliphatic heterocycles. The van der Waals surface area contributed by atoms with Gasteiger partial charge < -0.3 is 4.74 Å². The summed E-state index contributed by atoms with van der Waals surface area (Å²) in [5.41, 5.74) is 5.27. The van der Waals surface area contributed by atoms with Crippen molar-refractivity contribution in [2.75, 3.05) is 7.11 Å². The van der Waals surface area contributed by atoms with E-state index in [1.165, 1.54) is 5.56 Å². The molecule has 0 radical (unpaired) electrons. The summed E-state index contributed by atoms with van der Waals surface area (Å²) in [6, 6.07) is 8.26. The van der Waals surface area contributed by atoms with Crippen LogP contribution in [0.2, 0.25) is 0 Å². The largest absolute Gasteiger partial charge is 0.497 e. The van der Waals surface area contributed by atoms with Gasteiger partial charge in [-0.05, 0) is 37.5 Å². The van der Waals surface area contributed by atoms with Gasteiger partial charge in [0.05, 0.1) is 13.3 Å². The highest BCUT2D eigenvalue weighted by molar-refractivity contribution is 5.27. The normalized spacial score (nSPS) is 12.3. The summed E-state index contributed by atoms with van der Waals surface area (Å²) in [4.78, 5) is 0. The Morgan fingerprint density at radius 3 is 2.65 bits per heavy atom. The van der Waals surface area contributed by atoms with Gasteiger partial charge in [-0.2, -0.15) is 5.10 Å². The Hall–Kier alpha value is -1.85. The number of ether oxygens (including phenoxy) is 1. The van der Waals surface area contributed by atoms with E-state index in [-0.39, 0.29) is 6.04 Å². The molecule has 0 aliphatic carbocycles. The van der Waals surface area contributed by atoms with E-state index in [0.717, 1.165) is 30.7 Å². The molecule has 0 bridgehead atoms. The minimum atomic E-state index is 0.123. The van der Waals surface area contributed by atoms with Crippen LogP contribution in [0, 0.1) is 0 Å². The Balaban J connectivity index is 1.95. The Morgan fingerprint density at radius 1 is 1.35 bits per heavy atom. The number of aryl methyl sites for hydroxylation is 2. The molecule has 0 saturated heterocycles. The maximum Gasteiger partial charge on any atom is 0.118 e. The van der Waals surface area contributed by atoms with Crippen molar-refractivity contribution in [2.45, 2.75) is 32.4 Å². The van der Waals surface area contributed by atoms with Gasteiger partial charge >= 0.3 is 0 Å². The topological polar surface area (TPSA) is 65.1 Å². The number of nitrogens with zero attached hydrogens (tertiary/aromatic N) is 2. The summed E-state index contributed by atoms with van der Waals surface area (Å²) in [5, 5.41) is 4.29. The predicted molar refractivity (Wildman–Crippen MR) is 79.3 cm³/mol. The first-order valence-electron chi connectivity index (χ1n) is 6.88. The number of nitrogens with one attached hydrogen (secondary N) is 1. The molecule has 1 heterocycles. The molecule has 20 heavy (non-hydrogen) atoms. The number of aromatic nitrogens is 2. The van der Waals surface area contributed by atoms with E-state index in [4.69, 9.17) is 10.6 Å². The lowest BCUT2D eigenvalue weighted by Gasteiger charge is -2.14. The second-order valence-corrected chi connectivity index (χ2v) is 4.74. The zero-order valence-electron chi connectivity index (χ0n) is 12.0. The SMILES string of the molecule is CCn1cc(C(CCc2ccc(OC)cc2)NN)cn1. The standard InChI is InChI=1S/C15H22N4O/c1-3-19-11-13(10-17-19)15(18-16)9-6-12-4-7-14(20-2)8-5-12/h4-5,7-8,10-11,15,18H,3,6,9,16H2,1-2H3. The molecule has 2 rings (SSSR count). The monoisotopic (exact) mass is 274 g/mol. The van der Waals surface area contributed by atoms with Crippen molar-refractivity contribution < 1.29 is 4.74 Å². The molecule has 1 unspecified atom stereocenters. The Bertz CT molecular complexity index is 521. The third kappa shape index (κ3) is 3.59. The molecule has 5 nitrogen and oxygen atoms in total. The average molecular weight is 274 g/mol. The molecular formula is C15H22N4O. The number of benzene rings is 1. The highest BCUT2D eigenvalue weighted by atomic mass is 16.5. The summed E-state index contributed by atoms with van der Waals surface area (Å²) in [6.45, 7) is 2.94. The van der Waals surface area contributed by atoms with Crippen LogP contribution < -0.4 is 16.0 Å². The second-order valence-electron chi connectivity index (χ2n) is 4.74. The summed E-state index contributed by atoms with van der Waals surface area (Å²) in [6.07, 6.45) is 5.80. The van der Waals surface area contributed by atoms with Gasteiger partial charge in [0.25, 0.3) is 0 Å². The molecule has 2 aromatic rings. The summed E-state index contributed by atoms with van der Waals surface area (Å²) < 4.78 is 7.07. The lowest BCUT2D eigenvalue weighted by atomic mass is 10.0. The van der Waals surface area contributed by atoms with Crippen molar-refractivity contribution in [1.29, 1.82) is 0 Å². The van der Waals surface area contributed by atoms with Gasteiger partial charge in [-0.25, -0.2) is 0 Å². The maximum atomic E-state index is 5.66. The summed E-state index contributed by atoms with van der Waals surface area (Å²) in [7, 11) is 1.68. The molecule has 0 saturated carbocycles. The van der Waals surface area contributed by atoms with E-state index in [9.17, 15) is 0 Å². The third-order valence-corrected chi connectivity index (χ3v) is 3.46. The molecule has 1 aromatic carbocycles. The van der Waals surface area contributed by atoms with Gasteiger partial charge in [0.2, 0.25) is 0 Å². The van der Waals surface area contributed by atoms with Gasteiger partial charge in [-0.15, -0.1) is 0 Å².